The van der Waals surface area contributed by atoms with E-state index in [0.29, 0.717) is 22.4 Å². The molecule has 0 bridgehead atoms. The molecule has 10 nitrogen and oxygen atoms in total. The van der Waals surface area contributed by atoms with E-state index in [1.54, 1.807) is 12.1 Å². The number of nitrogens with zero attached hydrogens (tertiary/aromatic N) is 3. The molecule has 0 saturated heterocycles. The second kappa shape index (κ2) is 11.4. The number of anilines is 2. The molecule has 2 N–H and O–H groups in total. The Morgan fingerprint density at radius 1 is 0.897 bits per heavy atom. The molecule has 0 radical (unpaired) electrons. The number of halogens is 4. The summed E-state index contributed by atoms with van der Waals surface area (Å²) in [5.41, 5.74) is -0.354. The highest BCUT2D eigenvalue weighted by atomic mass is 35.5. The van der Waals surface area contributed by atoms with Crippen molar-refractivity contribution in [3.8, 4) is 23.3 Å². The first-order valence-electron chi connectivity index (χ1n) is 11.0. The molecule has 2 amide bonds. The molecule has 39 heavy (non-hydrogen) atoms. The van der Waals surface area contributed by atoms with E-state index >= 15 is 0 Å². The highest BCUT2D eigenvalue weighted by Gasteiger charge is 2.30. The summed E-state index contributed by atoms with van der Waals surface area (Å²) in [5, 5.41) is 5.22. The predicted octanol–water partition coefficient (Wildman–Crippen LogP) is 5.47. The van der Waals surface area contributed by atoms with Crippen molar-refractivity contribution >= 4 is 45.7 Å². The Morgan fingerprint density at radius 3 is 2.26 bits per heavy atom. The minimum absolute atomic E-state index is 0.0215. The quantitative estimate of drug-likeness (QED) is 0.271. The van der Waals surface area contributed by atoms with Crippen LogP contribution >= 0.6 is 11.6 Å². The number of pyridine rings is 1. The lowest BCUT2D eigenvalue weighted by Gasteiger charge is -2.12. The maximum Gasteiger partial charge on any atom is 0.416 e. The van der Waals surface area contributed by atoms with Crippen LogP contribution in [0.4, 0.5) is 24.5 Å². The lowest BCUT2D eigenvalue weighted by Crippen LogP contribution is -2.21. The van der Waals surface area contributed by atoms with Crippen LogP contribution < -0.4 is 24.8 Å². The molecule has 4 rings (SSSR count). The van der Waals surface area contributed by atoms with Gasteiger partial charge in [0.15, 0.2) is 11.5 Å². The molecule has 2 aromatic heterocycles. The smallest absolute Gasteiger partial charge is 0.416 e. The number of hydrogen-bond donors (Lipinski definition) is 2. The first-order chi connectivity index (χ1) is 18.6. The van der Waals surface area contributed by atoms with Crippen LogP contribution in [-0.2, 0) is 15.8 Å². The van der Waals surface area contributed by atoms with Crippen molar-refractivity contribution in [2.24, 2.45) is 0 Å². The number of hydrogen-bond acceptors (Lipinski definition) is 8. The van der Waals surface area contributed by atoms with Gasteiger partial charge in [-0.3, -0.25) is 9.59 Å². The fraction of sp³-hybridized carbons (Fsp3) is 0.160. The highest BCUT2D eigenvalue weighted by Crippen LogP contribution is 2.37. The molecule has 0 fully saturated rings. The monoisotopic (exact) mass is 561 g/mol. The zero-order chi connectivity index (χ0) is 28.2. The summed E-state index contributed by atoms with van der Waals surface area (Å²) in [6.45, 7) is 0. The van der Waals surface area contributed by atoms with Crippen molar-refractivity contribution < 1.29 is 37.0 Å². The summed E-state index contributed by atoms with van der Waals surface area (Å²) in [6.07, 6.45) is -2.70. The molecule has 0 unspecified atom stereocenters. The van der Waals surface area contributed by atoms with E-state index < -0.39 is 30.0 Å². The van der Waals surface area contributed by atoms with E-state index in [4.69, 9.17) is 25.8 Å². The van der Waals surface area contributed by atoms with Gasteiger partial charge in [-0.2, -0.15) is 13.2 Å². The Kier molecular flexibility index (Phi) is 8.00. The first kappa shape index (κ1) is 27.4. The van der Waals surface area contributed by atoms with Crippen LogP contribution in [0.5, 0.6) is 23.3 Å². The Balaban J connectivity index is 1.42. The zero-order valence-electron chi connectivity index (χ0n) is 20.3. The zero-order valence-corrected chi connectivity index (χ0v) is 21.1. The number of amides is 2. The normalized spacial score (nSPS) is 11.1. The van der Waals surface area contributed by atoms with Gasteiger partial charge in [-0.25, -0.2) is 15.0 Å². The number of rotatable bonds is 8. The molecule has 0 saturated carbocycles. The molecular formula is C25H19ClF3N5O5. The largest absolute Gasteiger partial charge is 0.493 e. The van der Waals surface area contributed by atoms with E-state index in [-0.39, 0.29) is 28.2 Å². The molecule has 202 valence electrons. The van der Waals surface area contributed by atoms with Gasteiger partial charge in [-0.05, 0) is 30.3 Å². The summed E-state index contributed by atoms with van der Waals surface area (Å²) in [4.78, 5) is 36.9. The summed E-state index contributed by atoms with van der Waals surface area (Å²) >= 11 is 6.29. The fourth-order valence-corrected chi connectivity index (χ4v) is 3.64. The minimum atomic E-state index is -4.57. The van der Waals surface area contributed by atoms with Crippen LogP contribution in [-0.4, -0.2) is 41.0 Å². The van der Waals surface area contributed by atoms with Gasteiger partial charge in [0.05, 0.1) is 42.6 Å². The standard InChI is InChI=1S/C25H19ClF3N5O5/c1-37-19-8-16-18(9-20(19)38-2)31-12-32-23(16)39-24-17(26)7-15(11-30-24)34-22(36)10-21(35)33-14-5-3-4-13(6-14)25(27,28)29/h3-9,11-12H,10H2,1-2H3,(H,33,35)(H,34,36). The Bertz CT molecular complexity index is 1550. The number of carbonyl (C=O) groups is 2. The lowest BCUT2D eigenvalue weighted by molar-refractivity contribution is -0.137. The van der Waals surface area contributed by atoms with Crippen molar-refractivity contribution in [1.82, 2.24) is 15.0 Å². The van der Waals surface area contributed by atoms with Crippen LogP contribution in [0.25, 0.3) is 10.9 Å². The number of fused-ring (bicyclic) bond motifs is 1. The third kappa shape index (κ3) is 6.62. The number of ether oxygens (including phenoxy) is 3. The van der Waals surface area contributed by atoms with Crippen molar-refractivity contribution in [2.45, 2.75) is 12.6 Å². The molecule has 0 aliphatic heterocycles. The average molecular weight is 562 g/mol. The number of alkyl halides is 3. The van der Waals surface area contributed by atoms with E-state index in [1.807, 2.05) is 0 Å². The summed E-state index contributed by atoms with van der Waals surface area (Å²) < 4.78 is 54.9. The number of nitrogens with one attached hydrogen (secondary N) is 2. The molecule has 0 atom stereocenters. The van der Waals surface area contributed by atoms with Crippen LogP contribution in [0.2, 0.25) is 5.02 Å². The van der Waals surface area contributed by atoms with Gasteiger partial charge in [0.1, 0.15) is 17.8 Å². The number of benzene rings is 2. The van der Waals surface area contributed by atoms with E-state index in [0.717, 1.165) is 18.2 Å². The molecule has 0 spiro atoms. The van der Waals surface area contributed by atoms with Gasteiger partial charge in [-0.1, -0.05) is 17.7 Å². The van der Waals surface area contributed by atoms with Crippen molar-refractivity contribution in [2.75, 3.05) is 24.9 Å². The van der Waals surface area contributed by atoms with E-state index in [2.05, 4.69) is 25.6 Å². The molecule has 0 aliphatic carbocycles. The number of methoxy groups -OCH3 is 2. The van der Waals surface area contributed by atoms with Crippen molar-refractivity contribution in [1.29, 1.82) is 0 Å². The minimum Gasteiger partial charge on any atom is -0.493 e. The topological polar surface area (TPSA) is 125 Å². The van der Waals surface area contributed by atoms with Crippen LogP contribution in [0.1, 0.15) is 12.0 Å². The van der Waals surface area contributed by atoms with Gasteiger partial charge < -0.3 is 24.8 Å². The van der Waals surface area contributed by atoms with Gasteiger partial charge in [0.25, 0.3) is 0 Å². The Morgan fingerprint density at radius 2 is 1.59 bits per heavy atom. The van der Waals surface area contributed by atoms with Crippen LogP contribution in [0.15, 0.2) is 55.0 Å². The maximum atomic E-state index is 12.9. The summed E-state index contributed by atoms with van der Waals surface area (Å²) in [6, 6.07) is 8.70. The maximum absolute atomic E-state index is 12.9. The van der Waals surface area contributed by atoms with Gasteiger partial charge in [0.2, 0.25) is 23.6 Å². The predicted molar refractivity (Wildman–Crippen MR) is 135 cm³/mol. The van der Waals surface area contributed by atoms with Gasteiger partial charge in [-0.15, -0.1) is 0 Å². The second-order valence-corrected chi connectivity index (χ2v) is 8.28. The third-order valence-corrected chi connectivity index (χ3v) is 5.45. The SMILES string of the molecule is COc1cc2ncnc(Oc3ncc(NC(=O)CC(=O)Nc4cccc(C(F)(F)F)c4)cc3Cl)c2cc1OC. The molecule has 4 aromatic rings. The number of carbonyl (C=O) groups excluding carboxylic acids is 2. The van der Waals surface area contributed by atoms with E-state index in [9.17, 15) is 22.8 Å². The Hall–Kier alpha value is -4.65. The van der Waals surface area contributed by atoms with E-state index in [1.165, 1.54) is 38.9 Å². The lowest BCUT2D eigenvalue weighted by atomic mass is 10.2. The van der Waals surface area contributed by atoms with Crippen molar-refractivity contribution in [3.05, 3.63) is 65.6 Å². The second-order valence-electron chi connectivity index (χ2n) is 7.87. The van der Waals surface area contributed by atoms with Crippen LogP contribution in [0, 0.1) is 0 Å². The fourth-order valence-electron chi connectivity index (χ4n) is 3.43. The molecule has 0 aliphatic rings. The molecule has 14 heteroatoms. The molecular weight excluding hydrogens is 543 g/mol. The summed E-state index contributed by atoms with van der Waals surface area (Å²) in [7, 11) is 2.98. The van der Waals surface area contributed by atoms with Crippen LogP contribution in [0.3, 0.4) is 0 Å². The highest BCUT2D eigenvalue weighted by molar-refractivity contribution is 6.32. The third-order valence-electron chi connectivity index (χ3n) is 5.18. The van der Waals surface area contributed by atoms with Gasteiger partial charge >= 0.3 is 6.18 Å². The van der Waals surface area contributed by atoms with Crippen molar-refractivity contribution in [3.63, 3.8) is 0 Å². The molecule has 2 heterocycles. The average Bonchev–Trinajstić information content (AvgIpc) is 2.89. The summed E-state index contributed by atoms with van der Waals surface area (Å²) in [5.74, 6) is -0.541. The van der Waals surface area contributed by atoms with Gasteiger partial charge in [0, 0.05) is 11.8 Å². The molecule has 2 aromatic carbocycles. The number of aromatic nitrogens is 3. The first-order valence-corrected chi connectivity index (χ1v) is 11.4. The Labute approximate surface area is 224 Å².